The average molecular weight is 316 g/mol. The largest absolute Gasteiger partial charge is 0.399 e. The van der Waals surface area contributed by atoms with Gasteiger partial charge in [0, 0.05) is 29.8 Å². The first-order chi connectivity index (χ1) is 9.59. The van der Waals surface area contributed by atoms with E-state index >= 15 is 0 Å². The van der Waals surface area contributed by atoms with Crippen molar-refractivity contribution in [2.24, 2.45) is 5.41 Å². The molecule has 5 nitrogen and oxygen atoms in total. The molecule has 3 N–H and O–H groups in total. The Bertz CT molecular complexity index is 658. The number of nitrogens with two attached hydrogens (primary N) is 1. The summed E-state index contributed by atoms with van der Waals surface area (Å²) in [5.41, 5.74) is 5.39. The maximum atomic E-state index is 13.7. The van der Waals surface area contributed by atoms with Crippen molar-refractivity contribution in [1.29, 1.82) is 0 Å². The van der Waals surface area contributed by atoms with Crippen molar-refractivity contribution < 1.29 is 17.5 Å². The van der Waals surface area contributed by atoms with Crippen LogP contribution in [0.25, 0.3) is 0 Å². The minimum Gasteiger partial charge on any atom is -0.399 e. The number of anilines is 1. The zero-order valence-corrected chi connectivity index (χ0v) is 13.4. The van der Waals surface area contributed by atoms with E-state index in [4.69, 9.17) is 10.5 Å². The molecule has 21 heavy (non-hydrogen) atoms. The molecule has 2 unspecified atom stereocenters. The Hall–Kier alpha value is -1.18. The third kappa shape index (κ3) is 2.77. The van der Waals surface area contributed by atoms with Gasteiger partial charge in [0.1, 0.15) is 5.82 Å². The maximum Gasteiger partial charge on any atom is 0.241 e. The summed E-state index contributed by atoms with van der Waals surface area (Å²) in [6, 6.07) is 2.14. The predicted octanol–water partition coefficient (Wildman–Crippen LogP) is 1.81. The minimum atomic E-state index is -3.82. The summed E-state index contributed by atoms with van der Waals surface area (Å²) in [5, 5.41) is 0. The molecule has 0 saturated heterocycles. The number of nitrogens with one attached hydrogen (secondary N) is 1. The Morgan fingerprint density at radius 3 is 2.57 bits per heavy atom. The molecule has 0 heterocycles. The SMILES string of the molecule is COC1CC(NS(=O)(=O)c2cc(N)cc(F)c2C)C1(C)C. The van der Waals surface area contributed by atoms with Gasteiger partial charge < -0.3 is 10.5 Å². The van der Waals surface area contributed by atoms with Crippen LogP contribution in [0.4, 0.5) is 10.1 Å². The third-order valence-electron chi connectivity index (χ3n) is 4.37. The molecule has 1 aliphatic rings. The summed E-state index contributed by atoms with van der Waals surface area (Å²) in [6.07, 6.45) is 0.593. The van der Waals surface area contributed by atoms with Gasteiger partial charge in [0.25, 0.3) is 0 Å². The number of rotatable bonds is 4. The van der Waals surface area contributed by atoms with Gasteiger partial charge in [0.05, 0.1) is 11.0 Å². The summed E-state index contributed by atoms with van der Waals surface area (Å²) in [7, 11) is -2.22. The van der Waals surface area contributed by atoms with Gasteiger partial charge in [-0.3, -0.25) is 0 Å². The van der Waals surface area contributed by atoms with Gasteiger partial charge in [0.2, 0.25) is 10.0 Å². The summed E-state index contributed by atoms with van der Waals surface area (Å²) < 4.78 is 46.5. The van der Waals surface area contributed by atoms with Crippen LogP contribution in [0.3, 0.4) is 0 Å². The van der Waals surface area contributed by atoms with Crippen molar-refractivity contribution in [2.45, 2.75) is 44.2 Å². The van der Waals surface area contributed by atoms with Gasteiger partial charge in [-0.25, -0.2) is 17.5 Å². The van der Waals surface area contributed by atoms with Crippen LogP contribution >= 0.6 is 0 Å². The number of benzene rings is 1. The van der Waals surface area contributed by atoms with Crippen LogP contribution in [0, 0.1) is 18.2 Å². The lowest BCUT2D eigenvalue weighted by Gasteiger charge is -2.51. The van der Waals surface area contributed by atoms with Gasteiger partial charge in [-0.15, -0.1) is 0 Å². The molecule has 1 saturated carbocycles. The number of halogens is 1. The van der Waals surface area contributed by atoms with Gasteiger partial charge in [-0.05, 0) is 25.5 Å². The molecule has 1 aromatic carbocycles. The van der Waals surface area contributed by atoms with E-state index in [2.05, 4.69) is 4.72 Å². The number of hydrogen-bond donors (Lipinski definition) is 2. The van der Waals surface area contributed by atoms with E-state index < -0.39 is 15.8 Å². The number of hydrogen-bond acceptors (Lipinski definition) is 4. The summed E-state index contributed by atoms with van der Waals surface area (Å²) in [4.78, 5) is -0.114. The standard InChI is InChI=1S/C14H21FN2O3S/c1-8-10(15)5-9(16)6-11(8)21(18,19)17-12-7-13(20-4)14(12,2)3/h5-6,12-13,17H,7,16H2,1-4H3. The summed E-state index contributed by atoms with van der Waals surface area (Å²) in [5.74, 6) is -0.627. The first kappa shape index (κ1) is 16.2. The zero-order valence-electron chi connectivity index (χ0n) is 12.6. The second-order valence-electron chi connectivity index (χ2n) is 6.08. The highest BCUT2D eigenvalue weighted by Gasteiger charge is 2.50. The molecule has 1 aromatic rings. The van der Waals surface area contributed by atoms with E-state index in [1.165, 1.54) is 13.0 Å². The first-order valence-corrected chi connectivity index (χ1v) is 8.18. The zero-order chi connectivity index (χ0) is 16.0. The van der Waals surface area contributed by atoms with Crippen LogP contribution in [0.5, 0.6) is 0 Å². The minimum absolute atomic E-state index is 0.00359. The molecule has 2 atom stereocenters. The van der Waals surface area contributed by atoms with E-state index in [1.807, 2.05) is 13.8 Å². The fourth-order valence-electron chi connectivity index (χ4n) is 2.69. The highest BCUT2D eigenvalue weighted by atomic mass is 32.2. The number of nitrogen functional groups attached to an aromatic ring is 1. The van der Waals surface area contributed by atoms with E-state index in [0.717, 1.165) is 6.07 Å². The van der Waals surface area contributed by atoms with Crippen LogP contribution in [-0.2, 0) is 14.8 Å². The quantitative estimate of drug-likeness (QED) is 0.830. The van der Waals surface area contributed by atoms with Crippen LogP contribution in [0.15, 0.2) is 17.0 Å². The lowest BCUT2D eigenvalue weighted by Crippen LogP contribution is -2.61. The van der Waals surface area contributed by atoms with Crippen molar-refractivity contribution in [3.8, 4) is 0 Å². The molecule has 0 radical (unpaired) electrons. The van der Waals surface area contributed by atoms with Crippen molar-refractivity contribution in [2.75, 3.05) is 12.8 Å². The van der Waals surface area contributed by atoms with Gasteiger partial charge in [-0.1, -0.05) is 13.8 Å². The van der Waals surface area contributed by atoms with Crippen molar-refractivity contribution in [3.63, 3.8) is 0 Å². The number of ether oxygens (including phenoxy) is 1. The van der Waals surface area contributed by atoms with Crippen LogP contribution in [0.1, 0.15) is 25.8 Å². The van der Waals surface area contributed by atoms with Gasteiger partial charge >= 0.3 is 0 Å². The summed E-state index contributed by atoms with van der Waals surface area (Å²) in [6.45, 7) is 5.29. The van der Waals surface area contributed by atoms with Crippen molar-refractivity contribution in [3.05, 3.63) is 23.5 Å². The van der Waals surface area contributed by atoms with Crippen LogP contribution < -0.4 is 10.5 Å². The highest BCUT2D eigenvalue weighted by Crippen LogP contribution is 2.43. The molecule has 0 aromatic heterocycles. The predicted molar refractivity (Wildman–Crippen MR) is 78.9 cm³/mol. The van der Waals surface area contributed by atoms with E-state index in [1.54, 1.807) is 7.11 Å². The van der Waals surface area contributed by atoms with E-state index in [9.17, 15) is 12.8 Å². The molecule has 0 aliphatic heterocycles. The monoisotopic (exact) mass is 316 g/mol. The average Bonchev–Trinajstić information content (AvgIpc) is 2.38. The fourth-order valence-corrected chi connectivity index (χ4v) is 4.38. The summed E-state index contributed by atoms with van der Waals surface area (Å²) >= 11 is 0. The van der Waals surface area contributed by atoms with E-state index in [-0.39, 0.29) is 33.7 Å². The van der Waals surface area contributed by atoms with E-state index in [0.29, 0.717) is 6.42 Å². The molecule has 1 fully saturated rings. The Labute approximate surface area is 124 Å². The topological polar surface area (TPSA) is 81.4 Å². The molecule has 2 rings (SSSR count). The lowest BCUT2D eigenvalue weighted by molar-refractivity contribution is -0.0908. The van der Waals surface area contributed by atoms with Gasteiger partial charge in [0.15, 0.2) is 0 Å². The van der Waals surface area contributed by atoms with Crippen LogP contribution in [0.2, 0.25) is 0 Å². The smallest absolute Gasteiger partial charge is 0.241 e. The highest BCUT2D eigenvalue weighted by molar-refractivity contribution is 7.89. The molecule has 118 valence electrons. The van der Waals surface area contributed by atoms with Crippen molar-refractivity contribution in [1.82, 2.24) is 4.72 Å². The number of methoxy groups -OCH3 is 1. The number of sulfonamides is 1. The fraction of sp³-hybridized carbons (Fsp3) is 0.571. The molecule has 7 heteroatoms. The Balaban J connectivity index is 2.29. The third-order valence-corrected chi connectivity index (χ3v) is 5.97. The van der Waals surface area contributed by atoms with Gasteiger partial charge in [-0.2, -0.15) is 0 Å². The second-order valence-corrected chi connectivity index (χ2v) is 7.76. The second kappa shape index (κ2) is 5.23. The lowest BCUT2D eigenvalue weighted by atomic mass is 9.65. The molecule has 0 spiro atoms. The molecule has 1 aliphatic carbocycles. The molecule has 0 bridgehead atoms. The molecule has 0 amide bonds. The van der Waals surface area contributed by atoms with Crippen LogP contribution in [-0.4, -0.2) is 27.7 Å². The Morgan fingerprint density at radius 1 is 1.43 bits per heavy atom. The normalized spacial score (nSPS) is 24.6. The Kier molecular flexibility index (Phi) is 4.03. The molecular weight excluding hydrogens is 295 g/mol. The maximum absolute atomic E-state index is 13.7. The molecular formula is C14H21FN2O3S. The first-order valence-electron chi connectivity index (χ1n) is 6.70. The Morgan fingerprint density at radius 2 is 2.05 bits per heavy atom. The van der Waals surface area contributed by atoms with Crippen molar-refractivity contribution >= 4 is 15.7 Å².